The van der Waals surface area contributed by atoms with Gasteiger partial charge in [-0.15, -0.1) is 0 Å². The third kappa shape index (κ3) is 2.36. The van der Waals surface area contributed by atoms with Crippen LogP contribution in [0.1, 0.15) is 57.8 Å². The molecule has 1 fully saturated rings. The lowest BCUT2D eigenvalue weighted by Gasteiger charge is -1.98. The molecule has 2 aliphatic carbocycles. The Bertz CT molecular complexity index is 167. The zero-order valence-electron chi connectivity index (χ0n) is 8.02. The zero-order chi connectivity index (χ0) is 8.23. The summed E-state index contributed by atoms with van der Waals surface area (Å²) in [4.78, 5) is 0. The van der Waals surface area contributed by atoms with Gasteiger partial charge < -0.3 is 0 Å². The van der Waals surface area contributed by atoms with Gasteiger partial charge in [0.15, 0.2) is 0 Å². The molecule has 2 rings (SSSR count). The van der Waals surface area contributed by atoms with Crippen molar-refractivity contribution in [2.75, 3.05) is 0 Å². The molecule has 2 aliphatic rings. The molecule has 1 atom stereocenters. The summed E-state index contributed by atoms with van der Waals surface area (Å²) < 4.78 is 0. The highest BCUT2D eigenvalue weighted by molar-refractivity contribution is 5.22. The second-order valence-electron chi connectivity index (χ2n) is 4.38. The van der Waals surface area contributed by atoms with Crippen LogP contribution in [0, 0.1) is 5.92 Å². The number of allylic oxidation sites excluding steroid dienone is 2. The molecule has 0 aromatic heterocycles. The van der Waals surface area contributed by atoms with Crippen molar-refractivity contribution in [3.63, 3.8) is 0 Å². The smallest absolute Gasteiger partial charge is 0.0166 e. The Morgan fingerprint density at radius 2 is 1.67 bits per heavy atom. The molecule has 0 heteroatoms. The third-order valence-corrected chi connectivity index (χ3v) is 3.26. The molecule has 12 heavy (non-hydrogen) atoms. The van der Waals surface area contributed by atoms with Crippen LogP contribution in [0.4, 0.5) is 0 Å². The summed E-state index contributed by atoms with van der Waals surface area (Å²) >= 11 is 0. The van der Waals surface area contributed by atoms with E-state index >= 15 is 0 Å². The lowest BCUT2D eigenvalue weighted by Crippen LogP contribution is -1.80. The Kier molecular flexibility index (Phi) is 2.86. The van der Waals surface area contributed by atoms with Crippen LogP contribution in [0.3, 0.4) is 0 Å². The molecule has 0 aromatic rings. The van der Waals surface area contributed by atoms with Crippen molar-refractivity contribution < 1.29 is 0 Å². The molecule has 68 valence electrons. The number of rotatable bonds is 0. The maximum atomic E-state index is 2.52. The van der Waals surface area contributed by atoms with Crippen molar-refractivity contribution in [1.82, 2.24) is 0 Å². The Morgan fingerprint density at radius 1 is 0.917 bits per heavy atom. The molecule has 1 saturated carbocycles. The van der Waals surface area contributed by atoms with E-state index in [0.29, 0.717) is 0 Å². The Morgan fingerprint density at radius 3 is 2.58 bits per heavy atom. The quantitative estimate of drug-likeness (QED) is 0.473. The second kappa shape index (κ2) is 4.11. The Labute approximate surface area is 76.1 Å². The minimum absolute atomic E-state index is 1.03. The van der Waals surface area contributed by atoms with E-state index in [0.717, 1.165) is 5.92 Å². The molecule has 0 heterocycles. The molecule has 0 aromatic carbocycles. The lowest BCUT2D eigenvalue weighted by molar-refractivity contribution is 0.571. The topological polar surface area (TPSA) is 0 Å². The SMILES string of the molecule is C1=C2CC2CCCCCCCC1. The predicted octanol–water partition coefficient (Wildman–Crippen LogP) is 4.07. The molecule has 0 amide bonds. The van der Waals surface area contributed by atoms with Gasteiger partial charge in [0.25, 0.3) is 0 Å². The summed E-state index contributed by atoms with van der Waals surface area (Å²) in [6.45, 7) is 0. The average Bonchev–Trinajstić information content (AvgIpc) is 2.78. The summed E-state index contributed by atoms with van der Waals surface area (Å²) in [5, 5.41) is 0. The van der Waals surface area contributed by atoms with E-state index in [1.165, 1.54) is 57.8 Å². The third-order valence-electron chi connectivity index (χ3n) is 3.26. The summed E-state index contributed by atoms with van der Waals surface area (Å²) in [6.07, 6.45) is 15.7. The highest BCUT2D eigenvalue weighted by Gasteiger charge is 2.27. The van der Waals surface area contributed by atoms with Crippen LogP contribution in [-0.4, -0.2) is 0 Å². The van der Waals surface area contributed by atoms with Crippen LogP contribution in [0.25, 0.3) is 0 Å². The number of hydrogen-bond acceptors (Lipinski definition) is 0. The number of hydrogen-bond donors (Lipinski definition) is 0. The maximum absolute atomic E-state index is 2.52. The monoisotopic (exact) mass is 164 g/mol. The molecule has 0 N–H and O–H groups in total. The first-order valence-electron chi connectivity index (χ1n) is 5.66. The fraction of sp³-hybridized carbons (Fsp3) is 0.833. The number of fused-ring (bicyclic) bond motifs is 1. The van der Waals surface area contributed by atoms with E-state index in [4.69, 9.17) is 0 Å². The van der Waals surface area contributed by atoms with Crippen molar-refractivity contribution in [1.29, 1.82) is 0 Å². The molecule has 0 radical (unpaired) electrons. The van der Waals surface area contributed by atoms with E-state index < -0.39 is 0 Å². The Hall–Kier alpha value is -0.260. The van der Waals surface area contributed by atoms with Crippen molar-refractivity contribution in [2.45, 2.75) is 57.8 Å². The highest BCUT2D eigenvalue weighted by Crippen LogP contribution is 2.42. The van der Waals surface area contributed by atoms with Gasteiger partial charge in [-0.25, -0.2) is 0 Å². The summed E-state index contributed by atoms with van der Waals surface area (Å²) in [7, 11) is 0. The van der Waals surface area contributed by atoms with Crippen molar-refractivity contribution in [3.8, 4) is 0 Å². The molecule has 0 bridgehead atoms. The lowest BCUT2D eigenvalue weighted by atomic mass is 10.1. The van der Waals surface area contributed by atoms with Crippen molar-refractivity contribution >= 4 is 0 Å². The van der Waals surface area contributed by atoms with Crippen LogP contribution >= 0.6 is 0 Å². The molecule has 0 nitrogen and oxygen atoms in total. The molecular weight excluding hydrogens is 144 g/mol. The second-order valence-corrected chi connectivity index (χ2v) is 4.38. The van der Waals surface area contributed by atoms with Crippen molar-refractivity contribution in [2.24, 2.45) is 5.92 Å². The van der Waals surface area contributed by atoms with Gasteiger partial charge in [-0.1, -0.05) is 43.8 Å². The molecule has 1 unspecified atom stereocenters. The normalized spacial score (nSPS) is 31.3. The van der Waals surface area contributed by atoms with Gasteiger partial charge in [0, 0.05) is 0 Å². The summed E-state index contributed by atoms with van der Waals surface area (Å²) in [6, 6.07) is 0. The van der Waals surface area contributed by atoms with E-state index in [1.807, 2.05) is 0 Å². The molecule has 0 aliphatic heterocycles. The van der Waals surface area contributed by atoms with E-state index in [9.17, 15) is 0 Å². The van der Waals surface area contributed by atoms with Crippen LogP contribution in [-0.2, 0) is 0 Å². The van der Waals surface area contributed by atoms with Gasteiger partial charge in [0.2, 0.25) is 0 Å². The van der Waals surface area contributed by atoms with Crippen LogP contribution in [0.2, 0.25) is 0 Å². The van der Waals surface area contributed by atoms with E-state index in [-0.39, 0.29) is 0 Å². The van der Waals surface area contributed by atoms with Crippen LogP contribution < -0.4 is 0 Å². The van der Waals surface area contributed by atoms with Gasteiger partial charge in [0.1, 0.15) is 0 Å². The van der Waals surface area contributed by atoms with E-state index in [2.05, 4.69) is 6.08 Å². The van der Waals surface area contributed by atoms with Gasteiger partial charge in [0.05, 0.1) is 0 Å². The molecular formula is C12H20. The Balaban J connectivity index is 1.79. The van der Waals surface area contributed by atoms with Crippen LogP contribution in [0.15, 0.2) is 11.6 Å². The fourth-order valence-corrected chi connectivity index (χ4v) is 2.29. The molecule has 0 spiro atoms. The van der Waals surface area contributed by atoms with E-state index in [1.54, 1.807) is 5.57 Å². The minimum atomic E-state index is 1.03. The largest absolute Gasteiger partial charge is 0.0850 e. The van der Waals surface area contributed by atoms with Gasteiger partial charge in [-0.05, 0) is 31.6 Å². The van der Waals surface area contributed by atoms with Crippen molar-refractivity contribution in [3.05, 3.63) is 11.6 Å². The maximum Gasteiger partial charge on any atom is -0.0166 e. The van der Waals surface area contributed by atoms with Gasteiger partial charge in [-0.3, -0.25) is 0 Å². The molecule has 0 saturated heterocycles. The first-order valence-corrected chi connectivity index (χ1v) is 5.66. The van der Waals surface area contributed by atoms with Gasteiger partial charge >= 0.3 is 0 Å². The minimum Gasteiger partial charge on any atom is -0.0850 e. The fourth-order valence-electron chi connectivity index (χ4n) is 2.29. The predicted molar refractivity (Wildman–Crippen MR) is 53.1 cm³/mol. The summed E-state index contributed by atoms with van der Waals surface area (Å²) in [5.41, 5.74) is 1.79. The highest BCUT2D eigenvalue weighted by atomic mass is 14.3. The van der Waals surface area contributed by atoms with Crippen LogP contribution in [0.5, 0.6) is 0 Å². The summed E-state index contributed by atoms with van der Waals surface area (Å²) in [5.74, 6) is 1.03. The average molecular weight is 164 g/mol. The standard InChI is InChI=1S/C12H20/c1-2-4-6-8-11-10-12(11)9-7-5-3-1/h8,12H,1-7,9-10H2. The zero-order valence-corrected chi connectivity index (χ0v) is 8.02. The first kappa shape index (κ1) is 8.34. The first-order chi connectivity index (χ1) is 5.97. The van der Waals surface area contributed by atoms with Gasteiger partial charge in [-0.2, -0.15) is 0 Å².